The topological polar surface area (TPSA) is 35.5 Å². The normalized spacial score (nSPS) is 13.0. The maximum Gasteiger partial charge on any atom is 0.203 e. The van der Waals surface area contributed by atoms with Crippen LogP contribution in [0.15, 0.2) is 36.4 Å². The van der Waals surface area contributed by atoms with E-state index in [1.165, 1.54) is 11.1 Å². The van der Waals surface area contributed by atoms with E-state index in [9.17, 15) is 4.79 Å². The summed E-state index contributed by atoms with van der Waals surface area (Å²) in [6, 6.07) is 11.6. The van der Waals surface area contributed by atoms with Crippen LogP contribution in [0, 0.1) is 13.8 Å². The van der Waals surface area contributed by atoms with Crippen LogP contribution in [-0.2, 0) is 6.61 Å². The summed E-state index contributed by atoms with van der Waals surface area (Å²) < 4.78 is 11.1. The molecule has 0 bridgehead atoms. The van der Waals surface area contributed by atoms with Crippen molar-refractivity contribution < 1.29 is 14.3 Å². The molecular formula is C17H16O3. The molecule has 0 unspecified atom stereocenters. The maximum atomic E-state index is 11.5. The number of aryl methyl sites for hydroxylation is 2. The summed E-state index contributed by atoms with van der Waals surface area (Å²) in [6.07, 6.45) is 0. The molecule has 2 aromatic rings. The monoisotopic (exact) mass is 268 g/mol. The fraction of sp³-hybridized carbons (Fsp3) is 0.235. The third-order valence-electron chi connectivity index (χ3n) is 3.59. The van der Waals surface area contributed by atoms with Gasteiger partial charge in [0.15, 0.2) is 6.61 Å². The Balaban J connectivity index is 1.72. The van der Waals surface area contributed by atoms with Gasteiger partial charge in [0.1, 0.15) is 18.1 Å². The molecular weight excluding hydrogens is 252 g/mol. The molecule has 3 heteroatoms. The highest BCUT2D eigenvalue weighted by molar-refractivity contribution is 6.02. The van der Waals surface area contributed by atoms with Gasteiger partial charge in [0.25, 0.3) is 0 Å². The zero-order valence-electron chi connectivity index (χ0n) is 11.6. The first-order chi connectivity index (χ1) is 9.63. The third kappa shape index (κ3) is 2.39. The second-order valence-corrected chi connectivity index (χ2v) is 5.08. The smallest absolute Gasteiger partial charge is 0.203 e. The Morgan fingerprint density at radius 1 is 1.10 bits per heavy atom. The standard InChI is InChI=1S/C17H16O3/c1-11-3-4-13(7-12(11)2)9-19-14-5-6-15-16(18)10-20-17(15)8-14/h3-8H,9-10H2,1-2H3. The quantitative estimate of drug-likeness (QED) is 0.855. The molecule has 0 aromatic heterocycles. The zero-order valence-corrected chi connectivity index (χ0v) is 11.6. The predicted molar refractivity (Wildman–Crippen MR) is 76.5 cm³/mol. The lowest BCUT2D eigenvalue weighted by atomic mass is 10.1. The highest BCUT2D eigenvalue weighted by Crippen LogP contribution is 2.29. The Morgan fingerprint density at radius 2 is 1.95 bits per heavy atom. The first kappa shape index (κ1) is 12.7. The van der Waals surface area contributed by atoms with Gasteiger partial charge < -0.3 is 9.47 Å². The molecule has 0 atom stereocenters. The number of carbonyl (C=O) groups excluding carboxylic acids is 1. The Hall–Kier alpha value is -2.29. The number of fused-ring (bicyclic) bond motifs is 1. The van der Waals surface area contributed by atoms with Crippen molar-refractivity contribution >= 4 is 5.78 Å². The van der Waals surface area contributed by atoms with E-state index >= 15 is 0 Å². The van der Waals surface area contributed by atoms with E-state index in [1.54, 1.807) is 12.1 Å². The number of Topliss-reactive ketones (excluding diaryl/α,β-unsaturated/α-hetero) is 1. The lowest BCUT2D eigenvalue weighted by molar-refractivity contribution is 0.0961. The molecule has 0 radical (unpaired) electrons. The van der Waals surface area contributed by atoms with E-state index in [0.717, 1.165) is 11.3 Å². The van der Waals surface area contributed by atoms with Crippen LogP contribution in [0.3, 0.4) is 0 Å². The number of ether oxygens (including phenoxy) is 2. The fourth-order valence-electron chi connectivity index (χ4n) is 2.22. The van der Waals surface area contributed by atoms with Crippen molar-refractivity contribution in [3.8, 4) is 11.5 Å². The number of ketones is 1. The molecule has 2 aromatic carbocycles. The molecule has 0 saturated carbocycles. The molecule has 1 aliphatic rings. The summed E-state index contributed by atoms with van der Waals surface area (Å²) in [6.45, 7) is 4.83. The largest absolute Gasteiger partial charge is 0.489 e. The van der Waals surface area contributed by atoms with Gasteiger partial charge in [0.05, 0.1) is 5.56 Å². The predicted octanol–water partition coefficient (Wildman–Crippen LogP) is 3.46. The Labute approximate surface area is 118 Å². The highest BCUT2D eigenvalue weighted by Gasteiger charge is 2.21. The van der Waals surface area contributed by atoms with Gasteiger partial charge in [0, 0.05) is 6.07 Å². The van der Waals surface area contributed by atoms with Crippen LogP contribution in [-0.4, -0.2) is 12.4 Å². The number of benzene rings is 2. The Kier molecular flexibility index (Phi) is 3.18. The van der Waals surface area contributed by atoms with E-state index in [0.29, 0.717) is 17.9 Å². The summed E-state index contributed by atoms with van der Waals surface area (Å²) in [5.74, 6) is 1.37. The summed E-state index contributed by atoms with van der Waals surface area (Å²) in [7, 11) is 0. The molecule has 1 heterocycles. The fourth-order valence-corrected chi connectivity index (χ4v) is 2.22. The first-order valence-electron chi connectivity index (χ1n) is 6.62. The van der Waals surface area contributed by atoms with Gasteiger partial charge in [-0.2, -0.15) is 0 Å². The molecule has 0 amide bonds. The van der Waals surface area contributed by atoms with E-state index < -0.39 is 0 Å². The lowest BCUT2D eigenvalue weighted by Crippen LogP contribution is -1.98. The number of hydrogen-bond donors (Lipinski definition) is 0. The van der Waals surface area contributed by atoms with Crippen LogP contribution in [0.4, 0.5) is 0 Å². The van der Waals surface area contributed by atoms with Gasteiger partial charge in [-0.15, -0.1) is 0 Å². The molecule has 3 nitrogen and oxygen atoms in total. The van der Waals surface area contributed by atoms with Gasteiger partial charge in [0.2, 0.25) is 5.78 Å². The van der Waals surface area contributed by atoms with Crippen molar-refractivity contribution in [2.75, 3.05) is 6.61 Å². The second-order valence-electron chi connectivity index (χ2n) is 5.08. The average Bonchev–Trinajstić information content (AvgIpc) is 2.81. The van der Waals surface area contributed by atoms with Gasteiger partial charge in [-0.05, 0) is 42.7 Å². The van der Waals surface area contributed by atoms with Gasteiger partial charge in [-0.3, -0.25) is 4.79 Å². The van der Waals surface area contributed by atoms with E-state index in [2.05, 4.69) is 32.0 Å². The van der Waals surface area contributed by atoms with Crippen LogP contribution in [0.25, 0.3) is 0 Å². The van der Waals surface area contributed by atoms with E-state index in [4.69, 9.17) is 9.47 Å². The summed E-state index contributed by atoms with van der Waals surface area (Å²) in [5, 5.41) is 0. The van der Waals surface area contributed by atoms with Crippen LogP contribution < -0.4 is 9.47 Å². The summed E-state index contributed by atoms with van der Waals surface area (Å²) in [4.78, 5) is 11.5. The molecule has 0 saturated heterocycles. The van der Waals surface area contributed by atoms with Crippen molar-refractivity contribution in [1.82, 2.24) is 0 Å². The van der Waals surface area contributed by atoms with Crippen LogP contribution in [0.2, 0.25) is 0 Å². The zero-order chi connectivity index (χ0) is 14.1. The number of carbonyl (C=O) groups is 1. The van der Waals surface area contributed by atoms with Gasteiger partial charge >= 0.3 is 0 Å². The average molecular weight is 268 g/mol. The molecule has 1 aliphatic heterocycles. The second kappa shape index (κ2) is 5.00. The van der Waals surface area contributed by atoms with Crippen molar-refractivity contribution in [1.29, 1.82) is 0 Å². The summed E-state index contributed by atoms with van der Waals surface area (Å²) >= 11 is 0. The van der Waals surface area contributed by atoms with Gasteiger partial charge in [-0.1, -0.05) is 18.2 Å². The van der Waals surface area contributed by atoms with Crippen molar-refractivity contribution in [3.63, 3.8) is 0 Å². The minimum absolute atomic E-state index is 0.0284. The van der Waals surface area contributed by atoms with Gasteiger partial charge in [-0.25, -0.2) is 0 Å². The Bertz CT molecular complexity index is 674. The lowest BCUT2D eigenvalue weighted by Gasteiger charge is -2.09. The molecule has 102 valence electrons. The Morgan fingerprint density at radius 3 is 2.75 bits per heavy atom. The molecule has 20 heavy (non-hydrogen) atoms. The SMILES string of the molecule is Cc1ccc(COc2ccc3c(c2)OCC3=O)cc1C. The van der Waals surface area contributed by atoms with Crippen molar-refractivity contribution in [2.45, 2.75) is 20.5 Å². The minimum atomic E-state index is 0.0284. The highest BCUT2D eigenvalue weighted by atomic mass is 16.5. The van der Waals surface area contributed by atoms with E-state index in [-0.39, 0.29) is 12.4 Å². The van der Waals surface area contributed by atoms with Crippen LogP contribution in [0.1, 0.15) is 27.0 Å². The first-order valence-corrected chi connectivity index (χ1v) is 6.62. The van der Waals surface area contributed by atoms with Crippen LogP contribution in [0.5, 0.6) is 11.5 Å². The third-order valence-corrected chi connectivity index (χ3v) is 3.59. The molecule has 0 aliphatic carbocycles. The van der Waals surface area contributed by atoms with Crippen molar-refractivity contribution in [2.24, 2.45) is 0 Å². The minimum Gasteiger partial charge on any atom is -0.489 e. The number of rotatable bonds is 3. The van der Waals surface area contributed by atoms with E-state index in [1.807, 2.05) is 6.07 Å². The molecule has 3 rings (SSSR count). The molecule has 0 N–H and O–H groups in total. The molecule has 0 spiro atoms. The maximum absolute atomic E-state index is 11.5. The van der Waals surface area contributed by atoms with Crippen molar-refractivity contribution in [3.05, 3.63) is 58.7 Å². The molecule has 0 fully saturated rings. The number of hydrogen-bond acceptors (Lipinski definition) is 3. The van der Waals surface area contributed by atoms with Crippen LogP contribution >= 0.6 is 0 Å². The summed E-state index contributed by atoms with van der Waals surface area (Å²) in [5.41, 5.74) is 4.31.